The van der Waals surface area contributed by atoms with Crippen molar-refractivity contribution in [1.29, 1.82) is 10.5 Å². The van der Waals surface area contributed by atoms with Crippen LogP contribution in [0.2, 0.25) is 0 Å². The Labute approximate surface area is 264 Å². The molecule has 9 rings (SSSR count). The smallest absolute Gasteiger partial charge is 0.206 e. The molecule has 6 aromatic carbocycles. The Balaban J connectivity index is 1.17. The minimum atomic E-state index is 0.512. The maximum atomic E-state index is 9.82. The average molecular weight is 584 g/mol. The predicted molar refractivity (Wildman–Crippen MR) is 183 cm³/mol. The van der Waals surface area contributed by atoms with Crippen LogP contribution in [0.3, 0.4) is 0 Å². The van der Waals surface area contributed by atoms with E-state index >= 15 is 0 Å². The fraction of sp³-hybridized carbons (Fsp3) is 0. The first-order valence-electron chi connectivity index (χ1n) is 15.0. The first-order chi connectivity index (χ1) is 22.7. The van der Waals surface area contributed by atoms with Crippen LogP contribution in [-0.4, -0.2) is 15.7 Å². The molecule has 0 saturated carbocycles. The summed E-state index contributed by atoms with van der Waals surface area (Å²) in [5.74, 6) is 0. The van der Waals surface area contributed by atoms with E-state index in [9.17, 15) is 10.5 Å². The van der Waals surface area contributed by atoms with Crippen LogP contribution in [0.25, 0.3) is 71.9 Å². The molecule has 2 aliphatic carbocycles. The Morgan fingerprint density at radius 3 is 1.59 bits per heavy atom. The second-order valence-electron chi connectivity index (χ2n) is 11.5. The van der Waals surface area contributed by atoms with Crippen LogP contribution in [-0.2, 0) is 0 Å². The van der Waals surface area contributed by atoms with E-state index < -0.39 is 0 Å². The Morgan fingerprint density at radius 2 is 0.978 bits per heavy atom. The lowest BCUT2D eigenvalue weighted by Crippen LogP contribution is -2.03. The monoisotopic (exact) mass is 583 g/mol. The van der Waals surface area contributed by atoms with Crippen molar-refractivity contribution >= 4 is 32.8 Å². The number of nitriles is 2. The van der Waals surface area contributed by atoms with E-state index in [2.05, 4.69) is 102 Å². The van der Waals surface area contributed by atoms with Crippen molar-refractivity contribution in [3.63, 3.8) is 0 Å². The molecule has 0 bridgehead atoms. The van der Waals surface area contributed by atoms with Gasteiger partial charge < -0.3 is 0 Å². The zero-order valence-corrected chi connectivity index (χ0v) is 24.4. The van der Waals surface area contributed by atoms with Crippen LogP contribution in [0.1, 0.15) is 22.5 Å². The zero-order valence-electron chi connectivity index (χ0n) is 24.4. The Morgan fingerprint density at radius 1 is 0.478 bits per heavy atom. The van der Waals surface area contributed by atoms with E-state index in [1.165, 1.54) is 16.2 Å². The molecular formula is C41H21N5. The van der Waals surface area contributed by atoms with Crippen LogP contribution < -0.4 is 0 Å². The van der Waals surface area contributed by atoms with Crippen molar-refractivity contribution in [1.82, 2.24) is 9.97 Å². The van der Waals surface area contributed by atoms with E-state index in [0.29, 0.717) is 28.5 Å². The van der Waals surface area contributed by atoms with Crippen LogP contribution >= 0.6 is 0 Å². The number of hydrogen-bond donors (Lipinski definition) is 0. The summed E-state index contributed by atoms with van der Waals surface area (Å²) in [4.78, 5) is 14.5. The summed E-state index contributed by atoms with van der Waals surface area (Å²) in [5.41, 5.74) is 11.6. The van der Waals surface area contributed by atoms with Gasteiger partial charge in [0.25, 0.3) is 0 Å². The molecule has 2 aliphatic rings. The molecule has 210 valence electrons. The largest absolute Gasteiger partial charge is 0.243 e. The fourth-order valence-electron chi connectivity index (χ4n) is 6.81. The highest BCUT2D eigenvalue weighted by atomic mass is 14.9. The van der Waals surface area contributed by atoms with E-state index in [1.807, 2.05) is 36.5 Å². The number of aromatic nitrogens is 2. The van der Waals surface area contributed by atoms with Gasteiger partial charge in [0.05, 0.1) is 23.2 Å². The van der Waals surface area contributed by atoms with Crippen molar-refractivity contribution < 1.29 is 0 Å². The molecule has 0 atom stereocenters. The Bertz CT molecular complexity index is 2430. The molecular weight excluding hydrogens is 562 g/mol. The number of benzene rings is 6. The molecule has 0 amide bonds. The molecule has 0 radical (unpaired) electrons. The first-order valence-corrected chi connectivity index (χ1v) is 15.0. The minimum Gasteiger partial charge on any atom is -0.243 e. The van der Waals surface area contributed by atoms with Gasteiger partial charge >= 0.3 is 0 Å². The summed E-state index contributed by atoms with van der Waals surface area (Å²) < 4.78 is 0. The van der Waals surface area contributed by atoms with Crippen molar-refractivity contribution in [3.05, 3.63) is 150 Å². The van der Waals surface area contributed by atoms with Crippen molar-refractivity contribution in [3.8, 4) is 57.0 Å². The average Bonchev–Trinajstić information content (AvgIpc) is 3.57. The zero-order chi connectivity index (χ0) is 30.8. The molecule has 0 spiro atoms. The number of rotatable bonds is 2. The standard InChI is InChI=1S/C41H21N5/c42-18-17-34-35-21-30(28-11-9-24-5-1-3-7-26(24)19-28)13-15-32(35)38-39(34)45-40-33-16-14-31(22-36(33)37(44-23-43)41(40)46-38)29-12-10-25-6-2-4-8-27(25)20-29/h1-17,19-22H/b34-17+,44-37?. The van der Waals surface area contributed by atoms with Crippen LogP contribution in [0.4, 0.5) is 0 Å². The van der Waals surface area contributed by atoms with Gasteiger partial charge in [-0.15, -0.1) is 0 Å². The first kappa shape index (κ1) is 25.8. The molecule has 0 aliphatic heterocycles. The highest BCUT2D eigenvalue weighted by Gasteiger charge is 2.35. The molecule has 0 N–H and O–H groups in total. The van der Waals surface area contributed by atoms with Crippen molar-refractivity contribution in [2.45, 2.75) is 0 Å². The van der Waals surface area contributed by atoms with Gasteiger partial charge in [0, 0.05) is 28.3 Å². The summed E-state index contributed by atoms with van der Waals surface area (Å²) in [7, 11) is 0. The van der Waals surface area contributed by atoms with Gasteiger partial charge in [0.1, 0.15) is 11.4 Å². The SMILES string of the molecule is N#C/C=C1\c2cc(-c3ccc4ccccc4c3)ccc2-c2nc3c(nc21)-c1ccc(-c2ccc4ccccc4c2)cc1C3=NC#N. The van der Waals surface area contributed by atoms with Gasteiger partial charge in [0.15, 0.2) is 0 Å². The van der Waals surface area contributed by atoms with E-state index in [-0.39, 0.29) is 0 Å². The summed E-state index contributed by atoms with van der Waals surface area (Å²) in [6.07, 6.45) is 3.55. The Hall–Kier alpha value is -6.69. The van der Waals surface area contributed by atoms with Crippen LogP contribution in [0.5, 0.6) is 0 Å². The predicted octanol–water partition coefficient (Wildman–Crippen LogP) is 9.35. The summed E-state index contributed by atoms with van der Waals surface area (Å²) in [6, 6.07) is 44.1. The second-order valence-corrected chi connectivity index (χ2v) is 11.5. The number of aliphatic imine (C=N–C) groups is 1. The molecule has 1 heterocycles. The summed E-state index contributed by atoms with van der Waals surface area (Å²) in [5, 5.41) is 24.2. The molecule has 5 heteroatoms. The fourth-order valence-corrected chi connectivity index (χ4v) is 6.81. The van der Waals surface area contributed by atoms with Crippen LogP contribution in [0, 0.1) is 22.8 Å². The summed E-state index contributed by atoms with van der Waals surface area (Å²) in [6.45, 7) is 0. The lowest BCUT2D eigenvalue weighted by Gasteiger charge is -2.08. The molecule has 0 saturated heterocycles. The minimum absolute atomic E-state index is 0.512. The molecule has 1 aromatic heterocycles. The normalized spacial score (nSPS) is 14.1. The molecule has 0 fully saturated rings. The molecule has 7 aromatic rings. The van der Waals surface area contributed by atoms with Gasteiger partial charge in [-0.25, -0.2) is 9.97 Å². The third-order valence-corrected chi connectivity index (χ3v) is 9.01. The Kier molecular flexibility index (Phi) is 5.56. The van der Waals surface area contributed by atoms with E-state index in [4.69, 9.17) is 9.97 Å². The quantitative estimate of drug-likeness (QED) is 0.150. The second kappa shape index (κ2) is 9.92. The maximum absolute atomic E-state index is 9.82. The van der Waals surface area contributed by atoms with E-state index in [1.54, 1.807) is 6.08 Å². The van der Waals surface area contributed by atoms with Gasteiger partial charge in [-0.05, 0) is 73.6 Å². The molecule has 46 heavy (non-hydrogen) atoms. The third kappa shape index (κ3) is 3.83. The van der Waals surface area contributed by atoms with Gasteiger partial charge in [-0.1, -0.05) is 97.1 Å². The number of allylic oxidation sites excluding steroid dienone is 1. The van der Waals surface area contributed by atoms with Gasteiger partial charge in [-0.2, -0.15) is 15.5 Å². The lowest BCUT2D eigenvalue weighted by atomic mass is 9.96. The van der Waals surface area contributed by atoms with Gasteiger partial charge in [-0.3, -0.25) is 0 Å². The number of nitrogens with zero attached hydrogens (tertiary/aromatic N) is 5. The van der Waals surface area contributed by atoms with Crippen molar-refractivity contribution in [2.24, 2.45) is 4.99 Å². The third-order valence-electron chi connectivity index (χ3n) is 9.01. The molecule has 0 unspecified atom stereocenters. The maximum Gasteiger partial charge on any atom is 0.206 e. The number of fused-ring (bicyclic) bond motifs is 8. The number of hydrogen-bond acceptors (Lipinski definition) is 5. The molecule has 5 nitrogen and oxygen atoms in total. The highest BCUT2D eigenvalue weighted by Crippen LogP contribution is 2.47. The van der Waals surface area contributed by atoms with Crippen LogP contribution in [0.15, 0.2) is 132 Å². The van der Waals surface area contributed by atoms with Gasteiger partial charge in [0.2, 0.25) is 6.19 Å². The van der Waals surface area contributed by atoms with Crippen molar-refractivity contribution in [2.75, 3.05) is 0 Å². The topological polar surface area (TPSA) is 85.7 Å². The lowest BCUT2D eigenvalue weighted by molar-refractivity contribution is 1.19. The highest BCUT2D eigenvalue weighted by molar-refractivity contribution is 6.24. The summed E-state index contributed by atoms with van der Waals surface area (Å²) >= 11 is 0. The van der Waals surface area contributed by atoms with E-state index in [0.717, 1.165) is 55.5 Å².